The minimum absolute atomic E-state index is 0.255. The van der Waals surface area contributed by atoms with Gasteiger partial charge in [0, 0.05) is 15.6 Å². The topological polar surface area (TPSA) is 69.9 Å². The first kappa shape index (κ1) is 17.3. The van der Waals surface area contributed by atoms with Crippen LogP contribution in [0.15, 0.2) is 59.1 Å². The maximum atomic E-state index is 12.1. The largest absolute Gasteiger partial charge is 0.433 e. The summed E-state index contributed by atoms with van der Waals surface area (Å²) in [7, 11) is 0. The molecule has 0 aliphatic heterocycles. The molecular weight excluding hydrogens is 384 g/mol. The molecule has 0 saturated heterocycles. The number of esters is 1. The molecule has 0 aliphatic carbocycles. The van der Waals surface area contributed by atoms with E-state index in [1.807, 2.05) is 54.6 Å². The normalized spacial score (nSPS) is 12.2. The van der Waals surface area contributed by atoms with Crippen LogP contribution in [0.5, 0.6) is 0 Å². The fourth-order valence-corrected chi connectivity index (χ4v) is 2.41. The SMILES string of the molecule is CC(C)C(=O)OC(c1ccc(Br)cc1)n1nnc(-c2ccccc2)n1. The number of hydrogen-bond donors (Lipinski definition) is 0. The van der Waals surface area contributed by atoms with Gasteiger partial charge in [0.05, 0.1) is 5.92 Å². The van der Waals surface area contributed by atoms with Gasteiger partial charge in [0.15, 0.2) is 0 Å². The molecule has 128 valence electrons. The van der Waals surface area contributed by atoms with Crippen LogP contribution in [0.2, 0.25) is 0 Å². The van der Waals surface area contributed by atoms with E-state index in [9.17, 15) is 4.79 Å². The summed E-state index contributed by atoms with van der Waals surface area (Å²) in [6.07, 6.45) is -0.770. The van der Waals surface area contributed by atoms with Crippen LogP contribution < -0.4 is 0 Å². The van der Waals surface area contributed by atoms with Crippen LogP contribution in [0.25, 0.3) is 11.4 Å². The Hall–Kier alpha value is -2.54. The molecular formula is C18H17BrN4O2. The quantitative estimate of drug-likeness (QED) is 0.608. The van der Waals surface area contributed by atoms with Crippen LogP contribution >= 0.6 is 15.9 Å². The molecule has 0 saturated carbocycles. The second kappa shape index (κ2) is 7.57. The number of ether oxygens (including phenoxy) is 1. The number of tetrazole rings is 1. The van der Waals surface area contributed by atoms with Gasteiger partial charge in [-0.15, -0.1) is 15.0 Å². The van der Waals surface area contributed by atoms with Gasteiger partial charge in [-0.2, -0.15) is 0 Å². The summed E-state index contributed by atoms with van der Waals surface area (Å²) in [6, 6.07) is 17.0. The molecule has 6 nitrogen and oxygen atoms in total. The molecule has 0 aliphatic rings. The zero-order valence-corrected chi connectivity index (χ0v) is 15.4. The molecule has 1 atom stereocenters. The van der Waals surface area contributed by atoms with Crippen LogP contribution in [0, 0.1) is 5.92 Å². The van der Waals surface area contributed by atoms with Gasteiger partial charge in [0.2, 0.25) is 12.1 Å². The Bertz CT molecular complexity index is 847. The number of halogens is 1. The highest BCUT2D eigenvalue weighted by molar-refractivity contribution is 9.10. The summed E-state index contributed by atoms with van der Waals surface area (Å²) in [6.45, 7) is 3.57. The second-order valence-electron chi connectivity index (χ2n) is 5.79. The lowest BCUT2D eigenvalue weighted by molar-refractivity contribution is -0.156. The fourth-order valence-electron chi connectivity index (χ4n) is 2.15. The maximum Gasteiger partial charge on any atom is 0.310 e. The summed E-state index contributed by atoms with van der Waals surface area (Å²) in [5, 5.41) is 12.6. The predicted octanol–water partition coefficient (Wildman–Crippen LogP) is 3.85. The summed E-state index contributed by atoms with van der Waals surface area (Å²) in [5.41, 5.74) is 1.60. The van der Waals surface area contributed by atoms with Crippen LogP contribution in [0.4, 0.5) is 0 Å². The zero-order valence-electron chi connectivity index (χ0n) is 13.8. The first-order valence-corrected chi connectivity index (χ1v) is 8.65. The van der Waals surface area contributed by atoms with Crippen molar-refractivity contribution < 1.29 is 9.53 Å². The van der Waals surface area contributed by atoms with Crippen molar-refractivity contribution in [3.05, 3.63) is 64.6 Å². The Morgan fingerprint density at radius 1 is 1.08 bits per heavy atom. The van der Waals surface area contributed by atoms with E-state index >= 15 is 0 Å². The van der Waals surface area contributed by atoms with Crippen molar-refractivity contribution in [2.24, 2.45) is 5.92 Å². The van der Waals surface area contributed by atoms with Crippen molar-refractivity contribution in [3.63, 3.8) is 0 Å². The van der Waals surface area contributed by atoms with Crippen LogP contribution in [0.3, 0.4) is 0 Å². The molecule has 3 rings (SSSR count). The smallest absolute Gasteiger partial charge is 0.310 e. The standard InChI is InChI=1S/C18H17BrN4O2/c1-12(2)18(24)25-17(14-8-10-15(19)11-9-14)23-21-16(20-22-23)13-6-4-3-5-7-13/h3-12,17H,1-2H3. The summed E-state index contributed by atoms with van der Waals surface area (Å²) >= 11 is 3.40. The Morgan fingerprint density at radius 2 is 1.76 bits per heavy atom. The van der Waals surface area contributed by atoms with Crippen LogP contribution in [-0.4, -0.2) is 26.2 Å². The number of benzene rings is 2. The number of aromatic nitrogens is 4. The van der Waals surface area contributed by atoms with E-state index in [-0.39, 0.29) is 11.9 Å². The van der Waals surface area contributed by atoms with Gasteiger partial charge in [0.1, 0.15) is 0 Å². The average molecular weight is 401 g/mol. The van der Waals surface area contributed by atoms with Crippen molar-refractivity contribution in [3.8, 4) is 11.4 Å². The minimum atomic E-state index is -0.770. The first-order chi connectivity index (χ1) is 12.0. The molecule has 1 aromatic heterocycles. The van der Waals surface area contributed by atoms with Crippen molar-refractivity contribution in [1.82, 2.24) is 20.2 Å². The summed E-state index contributed by atoms with van der Waals surface area (Å²) < 4.78 is 6.55. The summed E-state index contributed by atoms with van der Waals surface area (Å²) in [5.74, 6) is -0.107. The van der Waals surface area contributed by atoms with Crippen molar-refractivity contribution >= 4 is 21.9 Å². The van der Waals surface area contributed by atoms with Gasteiger partial charge in [-0.3, -0.25) is 4.79 Å². The van der Waals surface area contributed by atoms with Crippen LogP contribution in [0.1, 0.15) is 25.6 Å². The third-order valence-corrected chi connectivity index (χ3v) is 4.05. The number of hydrogen-bond acceptors (Lipinski definition) is 5. The van der Waals surface area contributed by atoms with Crippen molar-refractivity contribution in [2.45, 2.75) is 20.1 Å². The monoisotopic (exact) mass is 400 g/mol. The lowest BCUT2D eigenvalue weighted by atomic mass is 10.2. The number of carbonyl (C=O) groups excluding carboxylic acids is 1. The maximum absolute atomic E-state index is 12.1. The molecule has 1 unspecified atom stereocenters. The van der Waals surface area contributed by atoms with E-state index < -0.39 is 6.23 Å². The first-order valence-electron chi connectivity index (χ1n) is 7.85. The molecule has 0 N–H and O–H groups in total. The number of carbonyl (C=O) groups is 1. The molecule has 2 aromatic carbocycles. The van der Waals surface area contributed by atoms with E-state index in [0.717, 1.165) is 15.6 Å². The second-order valence-corrected chi connectivity index (χ2v) is 6.71. The molecule has 0 bridgehead atoms. The lowest BCUT2D eigenvalue weighted by Crippen LogP contribution is -2.23. The van der Waals surface area contributed by atoms with Gasteiger partial charge in [-0.05, 0) is 17.3 Å². The van der Waals surface area contributed by atoms with E-state index in [1.54, 1.807) is 13.8 Å². The predicted molar refractivity (Wildman–Crippen MR) is 96.5 cm³/mol. The van der Waals surface area contributed by atoms with E-state index in [2.05, 4.69) is 31.3 Å². The lowest BCUT2D eigenvalue weighted by Gasteiger charge is -2.18. The molecule has 0 spiro atoms. The molecule has 25 heavy (non-hydrogen) atoms. The Balaban J connectivity index is 1.95. The van der Waals surface area contributed by atoms with Gasteiger partial charge in [0.25, 0.3) is 0 Å². The molecule has 0 radical (unpaired) electrons. The Labute approximate surface area is 153 Å². The highest BCUT2D eigenvalue weighted by Gasteiger charge is 2.23. The third-order valence-electron chi connectivity index (χ3n) is 3.52. The van der Waals surface area contributed by atoms with Gasteiger partial charge < -0.3 is 4.74 Å². The Kier molecular flexibility index (Phi) is 5.23. The number of rotatable bonds is 5. The van der Waals surface area contributed by atoms with E-state index in [1.165, 1.54) is 4.80 Å². The van der Waals surface area contributed by atoms with Crippen molar-refractivity contribution in [2.75, 3.05) is 0 Å². The molecule has 0 fully saturated rings. The highest BCUT2D eigenvalue weighted by Crippen LogP contribution is 2.23. The molecule has 3 aromatic rings. The molecule has 0 amide bonds. The van der Waals surface area contributed by atoms with Crippen molar-refractivity contribution in [1.29, 1.82) is 0 Å². The zero-order chi connectivity index (χ0) is 17.8. The Morgan fingerprint density at radius 3 is 2.40 bits per heavy atom. The fraction of sp³-hybridized carbons (Fsp3) is 0.222. The molecule has 1 heterocycles. The van der Waals surface area contributed by atoms with E-state index in [0.29, 0.717) is 5.82 Å². The van der Waals surface area contributed by atoms with Gasteiger partial charge >= 0.3 is 5.97 Å². The van der Waals surface area contributed by atoms with Crippen LogP contribution in [-0.2, 0) is 9.53 Å². The number of nitrogens with zero attached hydrogens (tertiary/aromatic N) is 4. The van der Waals surface area contributed by atoms with E-state index in [4.69, 9.17) is 4.74 Å². The molecule has 7 heteroatoms. The minimum Gasteiger partial charge on any atom is -0.433 e. The summed E-state index contributed by atoms with van der Waals surface area (Å²) in [4.78, 5) is 13.4. The highest BCUT2D eigenvalue weighted by atomic mass is 79.9. The van der Waals surface area contributed by atoms with Gasteiger partial charge in [-0.1, -0.05) is 72.2 Å². The third kappa shape index (κ3) is 4.11. The average Bonchev–Trinajstić information content (AvgIpc) is 3.11. The van der Waals surface area contributed by atoms with Gasteiger partial charge in [-0.25, -0.2) is 0 Å².